The predicted molar refractivity (Wildman–Crippen MR) is 128 cm³/mol. The lowest BCUT2D eigenvalue weighted by atomic mass is 9.98. The molecule has 0 N–H and O–H groups in total. The summed E-state index contributed by atoms with van der Waals surface area (Å²) in [7, 11) is 0. The van der Waals surface area contributed by atoms with Crippen molar-refractivity contribution >= 4 is 16.6 Å². The van der Waals surface area contributed by atoms with Gasteiger partial charge in [0.25, 0.3) is 0 Å². The lowest BCUT2D eigenvalue weighted by Gasteiger charge is -2.06. The Morgan fingerprint density at radius 1 is 0.586 bits per heavy atom. The van der Waals surface area contributed by atoms with Crippen LogP contribution < -0.4 is 0 Å². The van der Waals surface area contributed by atoms with Crippen LogP contribution in [0, 0.1) is 0 Å². The highest BCUT2D eigenvalue weighted by Crippen LogP contribution is 2.21. The van der Waals surface area contributed by atoms with Gasteiger partial charge in [-0.05, 0) is 17.2 Å². The highest BCUT2D eigenvalue weighted by molar-refractivity contribution is 6.08. The number of rotatable bonds is 17. The molecule has 2 rings (SSSR count). The third-order valence-corrected chi connectivity index (χ3v) is 6.10. The van der Waals surface area contributed by atoms with Crippen molar-refractivity contribution in [2.45, 2.75) is 110 Å². The summed E-state index contributed by atoms with van der Waals surface area (Å²) in [6.07, 6.45) is 21.1. The fraction of sp³-hybridized carbons (Fsp3) is 0.607. The number of carbonyl (C=O) groups is 1. The van der Waals surface area contributed by atoms with E-state index in [1.54, 1.807) is 0 Å². The maximum atomic E-state index is 12.6. The maximum absolute atomic E-state index is 12.6. The molecule has 0 amide bonds. The molecule has 0 fully saturated rings. The smallest absolute Gasteiger partial charge is 0.163 e. The Bertz CT molecular complexity index is 682. The van der Waals surface area contributed by atoms with Gasteiger partial charge in [-0.2, -0.15) is 0 Å². The summed E-state index contributed by atoms with van der Waals surface area (Å²) in [5, 5.41) is 2.26. The predicted octanol–water partition coefficient (Wildman–Crippen LogP) is 9.28. The SMILES string of the molecule is CCCCCCCCCCCCCCCCCC(=O)c1cccc2ccccc12. The van der Waals surface area contributed by atoms with Crippen molar-refractivity contribution < 1.29 is 4.79 Å². The number of fused-ring (bicyclic) bond motifs is 1. The van der Waals surface area contributed by atoms with E-state index in [0.717, 1.165) is 22.8 Å². The number of hydrogen-bond donors (Lipinski definition) is 0. The highest BCUT2D eigenvalue weighted by Gasteiger charge is 2.09. The van der Waals surface area contributed by atoms with Gasteiger partial charge in [-0.1, -0.05) is 139 Å². The van der Waals surface area contributed by atoms with E-state index < -0.39 is 0 Å². The van der Waals surface area contributed by atoms with E-state index in [1.807, 2.05) is 24.3 Å². The van der Waals surface area contributed by atoms with Crippen molar-refractivity contribution in [3.8, 4) is 0 Å². The number of Topliss-reactive ketones (excluding diaryl/α,β-unsaturated/α-hetero) is 1. The molecule has 0 aliphatic rings. The zero-order valence-electron chi connectivity index (χ0n) is 18.8. The van der Waals surface area contributed by atoms with Crippen LogP contribution in [0.5, 0.6) is 0 Å². The molecule has 0 unspecified atom stereocenters. The molecular weight excluding hydrogens is 352 g/mol. The van der Waals surface area contributed by atoms with Crippen molar-refractivity contribution in [3.05, 3.63) is 48.0 Å². The third-order valence-electron chi connectivity index (χ3n) is 6.10. The van der Waals surface area contributed by atoms with E-state index in [0.29, 0.717) is 12.2 Å². The fourth-order valence-corrected chi connectivity index (χ4v) is 4.26. The first-order valence-electron chi connectivity index (χ1n) is 12.3. The molecule has 0 bridgehead atoms. The van der Waals surface area contributed by atoms with Gasteiger partial charge in [0.1, 0.15) is 0 Å². The molecule has 0 radical (unpaired) electrons. The van der Waals surface area contributed by atoms with Crippen LogP contribution in [0.3, 0.4) is 0 Å². The average Bonchev–Trinajstić information content (AvgIpc) is 2.76. The van der Waals surface area contributed by atoms with Crippen molar-refractivity contribution in [2.24, 2.45) is 0 Å². The Balaban J connectivity index is 1.44. The van der Waals surface area contributed by atoms with Gasteiger partial charge < -0.3 is 0 Å². The molecule has 0 aliphatic carbocycles. The Labute approximate surface area is 179 Å². The minimum Gasteiger partial charge on any atom is -0.294 e. The van der Waals surface area contributed by atoms with Crippen molar-refractivity contribution in [2.75, 3.05) is 0 Å². The van der Waals surface area contributed by atoms with Crippen LogP contribution in [-0.4, -0.2) is 5.78 Å². The van der Waals surface area contributed by atoms with E-state index >= 15 is 0 Å². The Morgan fingerprint density at radius 2 is 1.07 bits per heavy atom. The van der Waals surface area contributed by atoms with E-state index in [4.69, 9.17) is 0 Å². The molecule has 0 spiro atoms. The first-order chi connectivity index (χ1) is 14.3. The van der Waals surface area contributed by atoms with Crippen molar-refractivity contribution in [3.63, 3.8) is 0 Å². The summed E-state index contributed by atoms with van der Waals surface area (Å²) >= 11 is 0. The van der Waals surface area contributed by atoms with Crippen LogP contribution >= 0.6 is 0 Å². The second-order valence-electron chi connectivity index (χ2n) is 8.65. The molecule has 0 atom stereocenters. The van der Waals surface area contributed by atoms with Gasteiger partial charge in [0.2, 0.25) is 0 Å². The molecule has 0 saturated carbocycles. The summed E-state index contributed by atoms with van der Waals surface area (Å²) in [5.41, 5.74) is 0.897. The molecule has 2 aromatic rings. The molecule has 0 aromatic heterocycles. The minimum absolute atomic E-state index is 0.302. The third kappa shape index (κ3) is 9.61. The van der Waals surface area contributed by atoms with Gasteiger partial charge in [0, 0.05) is 12.0 Å². The Kier molecular flexibility index (Phi) is 12.4. The first kappa shape index (κ1) is 23.6. The molecular formula is C28H42O. The normalized spacial score (nSPS) is 11.2. The second-order valence-corrected chi connectivity index (χ2v) is 8.65. The van der Waals surface area contributed by atoms with Crippen LogP contribution in [0.4, 0.5) is 0 Å². The van der Waals surface area contributed by atoms with Gasteiger partial charge in [-0.15, -0.1) is 0 Å². The van der Waals surface area contributed by atoms with Gasteiger partial charge in [-0.3, -0.25) is 4.79 Å². The molecule has 160 valence electrons. The largest absolute Gasteiger partial charge is 0.294 e. The number of hydrogen-bond acceptors (Lipinski definition) is 1. The Hall–Kier alpha value is -1.63. The summed E-state index contributed by atoms with van der Waals surface area (Å²) in [4.78, 5) is 12.6. The van der Waals surface area contributed by atoms with Gasteiger partial charge >= 0.3 is 0 Å². The monoisotopic (exact) mass is 394 g/mol. The quantitative estimate of drug-likeness (QED) is 0.193. The highest BCUT2D eigenvalue weighted by atomic mass is 16.1. The standard InChI is InChI=1S/C28H42O/c1-2-3-4-5-6-7-8-9-10-11-12-13-14-15-16-24-28(29)27-23-19-21-25-20-17-18-22-26(25)27/h17-23H,2-16,24H2,1H3. The van der Waals surface area contributed by atoms with Crippen LogP contribution in [-0.2, 0) is 0 Å². The molecule has 2 aromatic carbocycles. The molecule has 0 aliphatic heterocycles. The summed E-state index contributed by atoms with van der Waals surface area (Å²) < 4.78 is 0. The van der Waals surface area contributed by atoms with E-state index in [1.165, 1.54) is 89.9 Å². The summed E-state index contributed by atoms with van der Waals surface area (Å²) in [6.45, 7) is 2.28. The molecule has 0 saturated heterocycles. The number of unbranched alkanes of at least 4 members (excludes halogenated alkanes) is 14. The second kappa shape index (κ2) is 15.2. The van der Waals surface area contributed by atoms with E-state index in [2.05, 4.69) is 25.1 Å². The first-order valence-corrected chi connectivity index (χ1v) is 12.3. The Morgan fingerprint density at radius 3 is 1.66 bits per heavy atom. The summed E-state index contributed by atoms with van der Waals surface area (Å²) in [5.74, 6) is 0.302. The minimum atomic E-state index is 0.302. The van der Waals surface area contributed by atoms with Gasteiger partial charge in [-0.25, -0.2) is 0 Å². The topological polar surface area (TPSA) is 17.1 Å². The number of carbonyl (C=O) groups excluding carboxylic acids is 1. The molecule has 1 heteroatoms. The number of benzene rings is 2. The van der Waals surface area contributed by atoms with Crippen LogP contribution in [0.1, 0.15) is 120 Å². The average molecular weight is 395 g/mol. The van der Waals surface area contributed by atoms with Crippen molar-refractivity contribution in [1.29, 1.82) is 0 Å². The molecule has 1 nitrogen and oxygen atoms in total. The van der Waals surface area contributed by atoms with Gasteiger partial charge in [0.15, 0.2) is 5.78 Å². The zero-order chi connectivity index (χ0) is 20.6. The van der Waals surface area contributed by atoms with Crippen LogP contribution in [0.15, 0.2) is 42.5 Å². The van der Waals surface area contributed by atoms with Crippen molar-refractivity contribution in [1.82, 2.24) is 0 Å². The summed E-state index contributed by atoms with van der Waals surface area (Å²) in [6, 6.07) is 14.3. The lowest BCUT2D eigenvalue weighted by Crippen LogP contribution is -2.00. The number of ketones is 1. The van der Waals surface area contributed by atoms with Gasteiger partial charge in [0.05, 0.1) is 0 Å². The maximum Gasteiger partial charge on any atom is 0.163 e. The van der Waals surface area contributed by atoms with E-state index in [-0.39, 0.29) is 0 Å². The van der Waals surface area contributed by atoms with E-state index in [9.17, 15) is 4.79 Å². The molecule has 29 heavy (non-hydrogen) atoms. The molecule has 0 heterocycles. The zero-order valence-corrected chi connectivity index (χ0v) is 18.8. The lowest BCUT2D eigenvalue weighted by molar-refractivity contribution is 0.0980. The van der Waals surface area contributed by atoms with Crippen LogP contribution in [0.2, 0.25) is 0 Å². The fourth-order valence-electron chi connectivity index (χ4n) is 4.26. The van der Waals surface area contributed by atoms with Crippen LogP contribution in [0.25, 0.3) is 10.8 Å².